The van der Waals surface area contributed by atoms with Crippen LogP contribution in [0.1, 0.15) is 113 Å². The molecule has 0 heterocycles. The Bertz CT molecular complexity index is 889. The summed E-state index contributed by atoms with van der Waals surface area (Å²) in [4.78, 5) is 12.5. The Kier molecular flexibility index (Phi) is 4.99. The van der Waals surface area contributed by atoms with Crippen LogP contribution in [0.5, 0.6) is 0 Å². The minimum Gasteiger partial charge on any atom is -0.481 e. The Morgan fingerprint density at radius 1 is 0.879 bits per heavy atom. The van der Waals surface area contributed by atoms with Crippen molar-refractivity contribution in [2.45, 2.75) is 119 Å². The highest BCUT2D eigenvalue weighted by Crippen LogP contribution is 2.75. The monoisotopic (exact) mass is 456 g/mol. The topological polar surface area (TPSA) is 57.5 Å². The van der Waals surface area contributed by atoms with E-state index in [1.807, 2.05) is 6.92 Å². The van der Waals surface area contributed by atoms with Gasteiger partial charge in [-0.1, -0.05) is 53.2 Å². The minimum atomic E-state index is -1.03. The molecule has 0 bridgehead atoms. The quantitative estimate of drug-likeness (QED) is 0.409. The molecule has 33 heavy (non-hydrogen) atoms. The van der Waals surface area contributed by atoms with Crippen LogP contribution in [-0.4, -0.2) is 22.3 Å². The standard InChI is InChI=1S/C30H48O3/c1-25(2)14-15-26(3)16-17-28(5)19(20(26)18-25)8-9-21-27(4)12-11-23(31)30(7,24(32)33)22(27)10-13-29(21,28)6/h8,20-23,31H,9-18H2,1-7H3,(H,32,33)/t20-,21?,22?,23+,26+,27+,28+,29+,30+/m0/s1. The van der Waals surface area contributed by atoms with Crippen molar-refractivity contribution in [3.8, 4) is 0 Å². The van der Waals surface area contributed by atoms with Crippen LogP contribution in [0, 0.1) is 50.2 Å². The summed E-state index contributed by atoms with van der Waals surface area (Å²) in [6, 6.07) is 0. The number of aliphatic hydroxyl groups is 1. The highest BCUT2D eigenvalue weighted by atomic mass is 16.4. The lowest BCUT2D eigenvalue weighted by Crippen LogP contribution is -2.66. The van der Waals surface area contributed by atoms with E-state index in [4.69, 9.17) is 0 Å². The number of hydrogen-bond donors (Lipinski definition) is 2. The van der Waals surface area contributed by atoms with Gasteiger partial charge in [-0.15, -0.1) is 0 Å². The molecule has 4 fully saturated rings. The third kappa shape index (κ3) is 2.87. The van der Waals surface area contributed by atoms with Gasteiger partial charge in [0.15, 0.2) is 0 Å². The Balaban J connectivity index is 1.58. The van der Waals surface area contributed by atoms with Crippen LogP contribution in [-0.2, 0) is 4.79 Å². The summed E-state index contributed by atoms with van der Waals surface area (Å²) in [7, 11) is 0. The molecule has 0 aliphatic heterocycles. The molecule has 4 saturated carbocycles. The van der Waals surface area contributed by atoms with E-state index < -0.39 is 17.5 Å². The number of carbonyl (C=O) groups is 1. The molecule has 5 rings (SSSR count). The lowest BCUT2D eigenvalue weighted by atomic mass is 9.33. The average molecular weight is 457 g/mol. The van der Waals surface area contributed by atoms with E-state index in [0.717, 1.165) is 25.7 Å². The third-order valence-corrected chi connectivity index (χ3v) is 13.2. The number of aliphatic hydroxyl groups excluding tert-OH is 1. The second kappa shape index (κ2) is 6.89. The van der Waals surface area contributed by atoms with E-state index in [2.05, 4.69) is 47.6 Å². The van der Waals surface area contributed by atoms with Crippen molar-refractivity contribution in [1.82, 2.24) is 0 Å². The van der Waals surface area contributed by atoms with Crippen molar-refractivity contribution in [2.24, 2.45) is 50.2 Å². The molecule has 2 N–H and O–H groups in total. The van der Waals surface area contributed by atoms with Crippen LogP contribution >= 0.6 is 0 Å². The Morgan fingerprint density at radius 3 is 2.21 bits per heavy atom. The maximum Gasteiger partial charge on any atom is 0.312 e. The summed E-state index contributed by atoms with van der Waals surface area (Å²) in [5.41, 5.74) is 1.98. The molecule has 5 aliphatic carbocycles. The first-order chi connectivity index (χ1) is 15.1. The largest absolute Gasteiger partial charge is 0.481 e. The molecule has 3 nitrogen and oxygen atoms in total. The number of carboxylic acid groups (broad SMARTS) is 1. The van der Waals surface area contributed by atoms with E-state index in [1.165, 1.54) is 32.1 Å². The van der Waals surface area contributed by atoms with Crippen molar-refractivity contribution in [1.29, 1.82) is 0 Å². The number of allylic oxidation sites excluding steroid dienone is 2. The van der Waals surface area contributed by atoms with E-state index in [-0.39, 0.29) is 22.2 Å². The molecule has 0 spiro atoms. The van der Waals surface area contributed by atoms with Crippen molar-refractivity contribution in [2.75, 3.05) is 0 Å². The molecule has 0 radical (unpaired) electrons. The number of rotatable bonds is 1. The number of carboxylic acids is 1. The van der Waals surface area contributed by atoms with Crippen LogP contribution in [0.3, 0.4) is 0 Å². The zero-order valence-electron chi connectivity index (χ0n) is 22.3. The minimum absolute atomic E-state index is 0.0308. The van der Waals surface area contributed by atoms with Gasteiger partial charge in [0.2, 0.25) is 0 Å². The van der Waals surface area contributed by atoms with Gasteiger partial charge in [0.1, 0.15) is 0 Å². The van der Waals surface area contributed by atoms with Gasteiger partial charge < -0.3 is 10.2 Å². The molecule has 186 valence electrons. The summed E-state index contributed by atoms with van der Waals surface area (Å²) < 4.78 is 0. The van der Waals surface area contributed by atoms with Gasteiger partial charge >= 0.3 is 5.97 Å². The summed E-state index contributed by atoms with van der Waals surface area (Å²) in [6.45, 7) is 16.9. The Morgan fingerprint density at radius 2 is 1.55 bits per heavy atom. The summed E-state index contributed by atoms with van der Waals surface area (Å²) >= 11 is 0. The lowest BCUT2D eigenvalue weighted by Gasteiger charge is -2.71. The van der Waals surface area contributed by atoms with Crippen molar-refractivity contribution < 1.29 is 15.0 Å². The first-order valence-corrected chi connectivity index (χ1v) is 13.8. The zero-order valence-corrected chi connectivity index (χ0v) is 22.3. The smallest absolute Gasteiger partial charge is 0.312 e. The molecule has 5 aliphatic rings. The van der Waals surface area contributed by atoms with Gasteiger partial charge in [0.05, 0.1) is 11.5 Å². The van der Waals surface area contributed by atoms with Crippen LogP contribution in [0.25, 0.3) is 0 Å². The van der Waals surface area contributed by atoms with Gasteiger partial charge in [0, 0.05) is 0 Å². The molecule has 0 aromatic carbocycles. The zero-order chi connectivity index (χ0) is 24.2. The van der Waals surface area contributed by atoms with Gasteiger partial charge in [0.25, 0.3) is 0 Å². The fraction of sp³-hybridized carbons (Fsp3) is 0.900. The van der Waals surface area contributed by atoms with Gasteiger partial charge in [-0.25, -0.2) is 0 Å². The Labute approximate surface area is 201 Å². The van der Waals surface area contributed by atoms with Crippen LogP contribution in [0.4, 0.5) is 0 Å². The normalized spacial score (nSPS) is 55.3. The maximum atomic E-state index is 12.5. The third-order valence-electron chi connectivity index (χ3n) is 13.2. The molecule has 3 heteroatoms. The van der Waals surface area contributed by atoms with Gasteiger partial charge in [-0.2, -0.15) is 0 Å². The lowest BCUT2D eigenvalue weighted by molar-refractivity contribution is -0.216. The predicted molar refractivity (Wildman–Crippen MR) is 133 cm³/mol. The van der Waals surface area contributed by atoms with E-state index >= 15 is 0 Å². The van der Waals surface area contributed by atoms with Crippen molar-refractivity contribution in [3.63, 3.8) is 0 Å². The Hall–Kier alpha value is -0.830. The van der Waals surface area contributed by atoms with Crippen molar-refractivity contribution >= 4 is 5.97 Å². The molecule has 9 atom stereocenters. The van der Waals surface area contributed by atoms with E-state index in [9.17, 15) is 15.0 Å². The molecule has 0 saturated heterocycles. The van der Waals surface area contributed by atoms with E-state index in [1.54, 1.807) is 5.57 Å². The van der Waals surface area contributed by atoms with Crippen LogP contribution < -0.4 is 0 Å². The highest BCUT2D eigenvalue weighted by molar-refractivity contribution is 5.76. The molecule has 0 aromatic rings. The molecule has 0 amide bonds. The fourth-order valence-corrected chi connectivity index (χ4v) is 10.5. The second-order valence-electron chi connectivity index (χ2n) is 15.0. The van der Waals surface area contributed by atoms with Crippen LogP contribution in [0.2, 0.25) is 0 Å². The van der Waals surface area contributed by atoms with Crippen LogP contribution in [0.15, 0.2) is 11.6 Å². The molecular weight excluding hydrogens is 408 g/mol. The van der Waals surface area contributed by atoms with Gasteiger partial charge in [-0.05, 0) is 116 Å². The average Bonchev–Trinajstić information content (AvgIpc) is 2.72. The predicted octanol–water partition coefficient (Wildman–Crippen LogP) is 7.23. The number of hydrogen-bond acceptors (Lipinski definition) is 2. The first-order valence-electron chi connectivity index (χ1n) is 13.8. The molecular formula is C30H48O3. The highest BCUT2D eigenvalue weighted by Gasteiger charge is 2.69. The van der Waals surface area contributed by atoms with Gasteiger partial charge in [-0.3, -0.25) is 4.79 Å². The number of aliphatic carboxylic acids is 1. The summed E-state index contributed by atoms with van der Waals surface area (Å²) in [5.74, 6) is 0.432. The second-order valence-corrected chi connectivity index (χ2v) is 15.0. The number of fused-ring (bicyclic) bond motifs is 7. The van der Waals surface area contributed by atoms with Crippen molar-refractivity contribution in [3.05, 3.63) is 11.6 Å². The summed E-state index contributed by atoms with van der Waals surface area (Å²) in [6.07, 6.45) is 13.2. The first kappa shape index (κ1) is 23.9. The van der Waals surface area contributed by atoms with E-state index in [0.29, 0.717) is 29.1 Å². The SMILES string of the molecule is CC1(C)CC[C@]2(C)CC[C@]3(C)C(=CCC4[C@@]5(C)CC[C@@H](O)[C@](C)(C(=O)O)C5CC[C@]43C)[C@@H]2C1. The fourth-order valence-electron chi connectivity index (χ4n) is 10.5. The maximum absolute atomic E-state index is 12.5. The molecule has 0 aromatic heterocycles. The summed E-state index contributed by atoms with van der Waals surface area (Å²) in [5, 5.41) is 21.1. The molecule has 2 unspecified atom stereocenters.